The van der Waals surface area contributed by atoms with Crippen molar-refractivity contribution in [1.29, 1.82) is 0 Å². The summed E-state index contributed by atoms with van der Waals surface area (Å²) in [5.74, 6) is -1.06. The molecule has 0 unspecified atom stereocenters. The van der Waals surface area contributed by atoms with E-state index in [0.29, 0.717) is 11.5 Å². The molecule has 0 saturated carbocycles. The van der Waals surface area contributed by atoms with E-state index in [1.807, 2.05) is 0 Å². The number of rotatable bonds is 4. The van der Waals surface area contributed by atoms with Crippen LogP contribution in [0.3, 0.4) is 0 Å². The van der Waals surface area contributed by atoms with Crippen molar-refractivity contribution in [2.24, 2.45) is 5.73 Å². The summed E-state index contributed by atoms with van der Waals surface area (Å²) in [6.07, 6.45) is 1.25. The number of carbonyl (C=O) groups excluding carboxylic acids is 1. The van der Waals surface area contributed by atoms with Gasteiger partial charge >= 0.3 is 5.97 Å². The van der Waals surface area contributed by atoms with Gasteiger partial charge in [-0.1, -0.05) is 0 Å². The first-order valence-electron chi connectivity index (χ1n) is 3.61. The third-order valence-electron chi connectivity index (χ3n) is 1.36. The maximum atomic E-state index is 10.4. The summed E-state index contributed by atoms with van der Waals surface area (Å²) in [6, 6.07) is 0. The monoisotopic (exact) mass is 183 g/mol. The number of nitrogens with one attached hydrogen (secondary N) is 1. The highest BCUT2D eigenvalue weighted by atomic mass is 16.4. The molecule has 0 spiro atoms. The number of carboxylic acid groups (broad SMARTS) is 1. The van der Waals surface area contributed by atoms with Gasteiger partial charge in [0.2, 0.25) is 5.91 Å². The fourth-order valence-electron chi connectivity index (χ4n) is 0.913. The van der Waals surface area contributed by atoms with Crippen molar-refractivity contribution in [3.05, 3.63) is 17.7 Å². The van der Waals surface area contributed by atoms with Gasteiger partial charge in [-0.15, -0.1) is 0 Å². The lowest BCUT2D eigenvalue weighted by Gasteiger charge is -1.90. The minimum atomic E-state index is -0.950. The second-order valence-electron chi connectivity index (χ2n) is 2.57. The predicted molar refractivity (Wildman–Crippen MR) is 42.8 cm³/mol. The molecule has 0 aliphatic rings. The molecule has 0 fully saturated rings. The largest absolute Gasteiger partial charge is 0.481 e. The van der Waals surface area contributed by atoms with Crippen molar-refractivity contribution in [3.8, 4) is 0 Å². The number of carboxylic acids is 1. The molecule has 1 aromatic heterocycles. The van der Waals surface area contributed by atoms with Crippen molar-refractivity contribution >= 4 is 11.9 Å². The minimum absolute atomic E-state index is 0.000378. The van der Waals surface area contributed by atoms with Gasteiger partial charge in [0.1, 0.15) is 5.82 Å². The minimum Gasteiger partial charge on any atom is -0.481 e. The van der Waals surface area contributed by atoms with Crippen molar-refractivity contribution in [1.82, 2.24) is 9.97 Å². The maximum absolute atomic E-state index is 10.4. The van der Waals surface area contributed by atoms with Gasteiger partial charge < -0.3 is 15.8 Å². The SMILES string of the molecule is NC(=O)Cc1ncc(CC(=O)O)[nH]1. The molecule has 1 heterocycles. The number of primary amides is 1. The van der Waals surface area contributed by atoms with Gasteiger partial charge in [0.15, 0.2) is 0 Å². The van der Waals surface area contributed by atoms with Crippen molar-refractivity contribution in [3.63, 3.8) is 0 Å². The van der Waals surface area contributed by atoms with E-state index in [1.54, 1.807) is 0 Å². The first-order valence-corrected chi connectivity index (χ1v) is 3.61. The Morgan fingerprint density at radius 2 is 2.23 bits per heavy atom. The van der Waals surface area contributed by atoms with E-state index in [2.05, 4.69) is 9.97 Å². The van der Waals surface area contributed by atoms with Crippen LogP contribution < -0.4 is 5.73 Å². The molecule has 0 radical (unpaired) electrons. The summed E-state index contributed by atoms with van der Waals surface area (Å²) in [7, 11) is 0. The van der Waals surface area contributed by atoms with Gasteiger partial charge in [0, 0.05) is 11.9 Å². The zero-order valence-electron chi connectivity index (χ0n) is 6.78. The number of hydrogen-bond donors (Lipinski definition) is 3. The number of imidazole rings is 1. The van der Waals surface area contributed by atoms with Crippen LogP contribution in [0.25, 0.3) is 0 Å². The van der Waals surface area contributed by atoms with E-state index < -0.39 is 11.9 Å². The molecule has 0 bridgehead atoms. The van der Waals surface area contributed by atoms with E-state index >= 15 is 0 Å². The van der Waals surface area contributed by atoms with Crippen molar-refractivity contribution < 1.29 is 14.7 Å². The van der Waals surface area contributed by atoms with Crippen LogP contribution in [0.1, 0.15) is 11.5 Å². The number of hydrogen-bond acceptors (Lipinski definition) is 3. The predicted octanol–water partition coefficient (Wildman–Crippen LogP) is -0.935. The molecule has 6 nitrogen and oxygen atoms in total. The molecule has 0 aromatic carbocycles. The molecule has 1 rings (SSSR count). The average molecular weight is 183 g/mol. The Kier molecular flexibility index (Phi) is 2.63. The molecule has 0 aliphatic heterocycles. The number of aromatic amines is 1. The second-order valence-corrected chi connectivity index (χ2v) is 2.57. The van der Waals surface area contributed by atoms with Gasteiger partial charge in [-0.25, -0.2) is 4.98 Å². The number of aromatic nitrogens is 2. The van der Waals surface area contributed by atoms with E-state index in [4.69, 9.17) is 10.8 Å². The fourth-order valence-corrected chi connectivity index (χ4v) is 0.913. The van der Waals surface area contributed by atoms with Gasteiger partial charge in [-0.05, 0) is 0 Å². The number of nitrogens with zero attached hydrogens (tertiary/aromatic N) is 1. The van der Waals surface area contributed by atoms with E-state index in [0.717, 1.165) is 0 Å². The third kappa shape index (κ3) is 2.94. The van der Waals surface area contributed by atoms with E-state index in [9.17, 15) is 9.59 Å². The first kappa shape index (κ1) is 9.24. The molecule has 1 amide bonds. The normalized spacial score (nSPS) is 9.85. The molecule has 0 atom stereocenters. The summed E-state index contributed by atoms with van der Waals surface area (Å²) in [4.78, 5) is 27.2. The molecule has 13 heavy (non-hydrogen) atoms. The summed E-state index contributed by atoms with van der Waals surface area (Å²) >= 11 is 0. The highest BCUT2D eigenvalue weighted by Crippen LogP contribution is 1.98. The zero-order chi connectivity index (χ0) is 9.84. The third-order valence-corrected chi connectivity index (χ3v) is 1.36. The van der Waals surface area contributed by atoms with Crippen molar-refractivity contribution in [2.45, 2.75) is 12.8 Å². The highest BCUT2D eigenvalue weighted by molar-refractivity contribution is 5.75. The van der Waals surface area contributed by atoms with Gasteiger partial charge in [-0.3, -0.25) is 9.59 Å². The quantitative estimate of drug-likeness (QED) is 0.559. The topological polar surface area (TPSA) is 109 Å². The molecule has 70 valence electrons. The van der Waals surface area contributed by atoms with E-state index in [-0.39, 0.29) is 12.8 Å². The first-order chi connectivity index (χ1) is 6.08. The summed E-state index contributed by atoms with van der Waals surface area (Å²) in [5.41, 5.74) is 5.38. The Balaban J connectivity index is 2.63. The zero-order valence-corrected chi connectivity index (χ0v) is 6.78. The van der Waals surface area contributed by atoms with Gasteiger partial charge in [-0.2, -0.15) is 0 Å². The second kappa shape index (κ2) is 3.70. The molecular formula is C7H9N3O3. The molecule has 6 heteroatoms. The maximum Gasteiger partial charge on any atom is 0.309 e. The lowest BCUT2D eigenvalue weighted by Crippen LogP contribution is -2.14. The highest BCUT2D eigenvalue weighted by Gasteiger charge is 2.06. The van der Waals surface area contributed by atoms with Crippen LogP contribution >= 0.6 is 0 Å². The Morgan fingerprint density at radius 3 is 2.77 bits per heavy atom. The summed E-state index contributed by atoms with van der Waals surface area (Å²) < 4.78 is 0. The van der Waals surface area contributed by atoms with Crippen LogP contribution in [0, 0.1) is 0 Å². The van der Waals surface area contributed by atoms with Crippen LogP contribution in [-0.4, -0.2) is 27.0 Å². The van der Waals surface area contributed by atoms with E-state index in [1.165, 1.54) is 6.20 Å². The van der Waals surface area contributed by atoms with Crippen LogP contribution in [0.5, 0.6) is 0 Å². The van der Waals surface area contributed by atoms with Crippen molar-refractivity contribution in [2.75, 3.05) is 0 Å². The molecule has 0 saturated heterocycles. The standard InChI is InChI=1S/C7H9N3O3/c8-5(11)2-6-9-3-4(10-6)1-7(12)13/h3H,1-2H2,(H2,8,11)(H,9,10)(H,12,13). The number of nitrogens with two attached hydrogens (primary N) is 1. The molecule has 4 N–H and O–H groups in total. The average Bonchev–Trinajstić information content (AvgIpc) is 2.33. The number of aliphatic carboxylic acids is 1. The van der Waals surface area contributed by atoms with Crippen LogP contribution in [-0.2, 0) is 22.4 Å². The van der Waals surface area contributed by atoms with Crippen LogP contribution in [0.2, 0.25) is 0 Å². The summed E-state index contributed by atoms with van der Waals surface area (Å²) in [5, 5.41) is 8.42. The molecule has 0 aliphatic carbocycles. The Hall–Kier alpha value is -1.85. The fraction of sp³-hybridized carbons (Fsp3) is 0.286. The molecule has 1 aromatic rings. The smallest absolute Gasteiger partial charge is 0.309 e. The van der Waals surface area contributed by atoms with Crippen LogP contribution in [0.4, 0.5) is 0 Å². The van der Waals surface area contributed by atoms with Crippen LogP contribution in [0.15, 0.2) is 6.20 Å². The summed E-state index contributed by atoms with van der Waals surface area (Å²) in [6.45, 7) is 0. The Morgan fingerprint density at radius 1 is 1.54 bits per heavy atom. The van der Waals surface area contributed by atoms with Gasteiger partial charge in [0.25, 0.3) is 0 Å². The number of H-pyrrole nitrogens is 1. The molecular weight excluding hydrogens is 174 g/mol. The number of carbonyl (C=O) groups is 2. The van der Waals surface area contributed by atoms with Gasteiger partial charge in [0.05, 0.1) is 12.8 Å². The lowest BCUT2D eigenvalue weighted by molar-refractivity contribution is -0.136. The lowest BCUT2D eigenvalue weighted by atomic mass is 10.3. The Labute approximate surface area is 73.8 Å². The Bertz CT molecular complexity index is 301. The number of amides is 1.